The van der Waals surface area contributed by atoms with Crippen molar-refractivity contribution in [1.82, 2.24) is 4.90 Å². The van der Waals surface area contributed by atoms with Gasteiger partial charge in [-0.25, -0.2) is 0 Å². The predicted molar refractivity (Wildman–Crippen MR) is 130 cm³/mol. The Morgan fingerprint density at radius 2 is 1.48 bits per heavy atom. The molecule has 12 heteroatoms. The summed E-state index contributed by atoms with van der Waals surface area (Å²) in [4.78, 5) is 50.3. The molecule has 1 heterocycles. The van der Waals surface area contributed by atoms with Crippen LogP contribution in [-0.2, 0) is 14.3 Å². The maximum atomic E-state index is 12.6. The van der Waals surface area contributed by atoms with Crippen molar-refractivity contribution in [2.24, 2.45) is 0 Å². The second-order valence-electron chi connectivity index (χ2n) is 7.14. The highest BCUT2D eigenvalue weighted by Gasteiger charge is 2.41. The zero-order chi connectivity index (χ0) is 24.6. The third kappa shape index (κ3) is 5.15. The Bertz CT molecular complexity index is 1170. The number of esters is 1. The van der Waals surface area contributed by atoms with Crippen LogP contribution in [0.2, 0.25) is 20.1 Å². The first-order valence-corrected chi connectivity index (χ1v) is 11.7. The molecule has 0 spiro atoms. The smallest absolute Gasteiger partial charge is 0.308 e. The number of ether oxygens (including phenoxy) is 1. The Balaban J connectivity index is 1.58. The Kier molecular flexibility index (Phi) is 7.96. The van der Waals surface area contributed by atoms with Gasteiger partial charge in [0.05, 0.1) is 37.6 Å². The molecule has 0 aliphatic carbocycles. The van der Waals surface area contributed by atoms with Crippen molar-refractivity contribution in [3.8, 4) is 0 Å². The lowest BCUT2D eigenvalue weighted by atomic mass is 10.1. The van der Waals surface area contributed by atoms with Crippen LogP contribution in [0.25, 0.3) is 0 Å². The van der Waals surface area contributed by atoms with Gasteiger partial charge in [0.1, 0.15) is 0 Å². The molecular weight excluding hydrogens is 582 g/mol. The zero-order valence-corrected chi connectivity index (χ0v) is 21.8. The quantitative estimate of drug-likeness (QED) is 0.196. The Labute approximate surface area is 217 Å². The molecule has 0 bridgehead atoms. The molecule has 0 unspecified atom stereocenters. The van der Waals surface area contributed by atoms with Gasteiger partial charge in [0, 0.05) is 16.7 Å². The molecule has 0 saturated heterocycles. The number of nitrogens with zero attached hydrogens (tertiary/aromatic N) is 1. The minimum absolute atomic E-state index is 0.147. The Morgan fingerprint density at radius 1 is 0.939 bits per heavy atom. The average Bonchev–Trinajstić information content (AvgIpc) is 3.01. The van der Waals surface area contributed by atoms with E-state index in [-0.39, 0.29) is 44.2 Å². The van der Waals surface area contributed by atoms with E-state index >= 15 is 0 Å². The predicted octanol–water partition coefficient (Wildman–Crippen LogP) is 5.85. The number of anilines is 1. The monoisotopic (exact) mass is 594 g/mol. The first-order chi connectivity index (χ1) is 15.4. The SMILES string of the molecule is Cc1cc(NC(=O)COC(=O)CCN2C(=O)c3c(Cl)c(Cl)c(Cl)c(Cl)c3C2=O)c(C)cc1Br. The van der Waals surface area contributed by atoms with Gasteiger partial charge in [-0.15, -0.1) is 0 Å². The molecule has 1 N–H and O–H groups in total. The van der Waals surface area contributed by atoms with Crippen LogP contribution in [0.4, 0.5) is 5.69 Å². The van der Waals surface area contributed by atoms with Crippen molar-refractivity contribution in [3.63, 3.8) is 0 Å². The van der Waals surface area contributed by atoms with Crippen LogP contribution in [0.3, 0.4) is 0 Å². The molecule has 1 aliphatic rings. The summed E-state index contributed by atoms with van der Waals surface area (Å²) < 4.78 is 5.87. The number of rotatable bonds is 6. The number of nitrogens with one attached hydrogen (secondary N) is 1. The highest BCUT2D eigenvalue weighted by atomic mass is 79.9. The number of amides is 3. The highest BCUT2D eigenvalue weighted by molar-refractivity contribution is 9.10. The zero-order valence-electron chi connectivity index (χ0n) is 17.2. The first kappa shape index (κ1) is 25.8. The van der Waals surface area contributed by atoms with E-state index in [1.54, 1.807) is 6.07 Å². The van der Waals surface area contributed by atoms with E-state index in [2.05, 4.69) is 21.2 Å². The lowest BCUT2D eigenvalue weighted by Crippen LogP contribution is -2.32. The van der Waals surface area contributed by atoms with Gasteiger partial charge in [-0.1, -0.05) is 62.3 Å². The molecule has 0 aromatic heterocycles. The summed E-state index contributed by atoms with van der Waals surface area (Å²) in [6.45, 7) is 2.87. The molecule has 0 atom stereocenters. The molecule has 0 saturated carbocycles. The summed E-state index contributed by atoms with van der Waals surface area (Å²) in [5.41, 5.74) is 2.00. The second-order valence-corrected chi connectivity index (χ2v) is 9.51. The van der Waals surface area contributed by atoms with Crippen LogP contribution in [0.1, 0.15) is 38.3 Å². The van der Waals surface area contributed by atoms with Crippen LogP contribution in [0.15, 0.2) is 16.6 Å². The number of halogens is 5. The third-order valence-corrected chi connectivity index (χ3v) is 7.53. The normalized spacial score (nSPS) is 12.8. The number of carbonyl (C=O) groups is 4. The summed E-state index contributed by atoms with van der Waals surface area (Å²) in [5.74, 6) is -2.82. The molecule has 3 rings (SSSR count). The molecule has 1 aliphatic heterocycles. The van der Waals surface area contributed by atoms with Crippen LogP contribution in [-0.4, -0.2) is 41.7 Å². The maximum Gasteiger partial charge on any atom is 0.308 e. The summed E-state index contributed by atoms with van der Waals surface area (Å²) in [6.07, 6.45) is -0.341. The van der Waals surface area contributed by atoms with Crippen molar-refractivity contribution in [1.29, 1.82) is 0 Å². The van der Waals surface area contributed by atoms with Gasteiger partial charge in [-0.3, -0.25) is 24.1 Å². The summed E-state index contributed by atoms with van der Waals surface area (Å²) >= 11 is 27.5. The standard InChI is InChI=1S/C21H15BrCl4N2O5/c1-8-6-11(9(2)5-10(8)22)27-12(29)7-33-13(30)3-4-28-20(31)14-15(21(28)32)17(24)19(26)18(25)16(14)23/h5-6H,3-4,7H2,1-2H3,(H,27,29). The molecule has 2 aromatic rings. The van der Waals surface area contributed by atoms with Crippen molar-refractivity contribution in [3.05, 3.63) is 58.9 Å². The molecule has 33 heavy (non-hydrogen) atoms. The highest BCUT2D eigenvalue weighted by Crippen LogP contribution is 2.44. The van der Waals surface area contributed by atoms with E-state index < -0.39 is 30.3 Å². The van der Waals surface area contributed by atoms with Gasteiger partial charge >= 0.3 is 5.97 Å². The fourth-order valence-corrected chi connectivity index (χ4v) is 4.59. The average molecular weight is 597 g/mol. The number of benzene rings is 2. The third-order valence-electron chi connectivity index (χ3n) is 4.87. The van der Waals surface area contributed by atoms with E-state index in [0.717, 1.165) is 20.5 Å². The van der Waals surface area contributed by atoms with Crippen molar-refractivity contribution in [2.45, 2.75) is 20.3 Å². The lowest BCUT2D eigenvalue weighted by Gasteiger charge is -2.14. The van der Waals surface area contributed by atoms with Crippen LogP contribution < -0.4 is 5.32 Å². The summed E-state index contributed by atoms with van der Waals surface area (Å²) in [7, 11) is 0. The maximum absolute atomic E-state index is 12.6. The Morgan fingerprint density at radius 3 is 2.03 bits per heavy atom. The van der Waals surface area contributed by atoms with Gasteiger partial charge in [-0.2, -0.15) is 0 Å². The molecule has 0 fully saturated rings. The fraction of sp³-hybridized carbons (Fsp3) is 0.238. The van der Waals surface area contributed by atoms with Gasteiger partial charge in [0.25, 0.3) is 17.7 Å². The number of imide groups is 1. The van der Waals surface area contributed by atoms with Crippen LogP contribution in [0, 0.1) is 13.8 Å². The topological polar surface area (TPSA) is 92.8 Å². The van der Waals surface area contributed by atoms with Crippen molar-refractivity contribution < 1.29 is 23.9 Å². The van der Waals surface area contributed by atoms with E-state index in [1.165, 1.54) is 0 Å². The molecule has 3 amide bonds. The van der Waals surface area contributed by atoms with Gasteiger partial charge in [0.2, 0.25) is 0 Å². The van der Waals surface area contributed by atoms with E-state index in [9.17, 15) is 19.2 Å². The molecule has 2 aromatic carbocycles. The van der Waals surface area contributed by atoms with Crippen LogP contribution >= 0.6 is 62.3 Å². The molecule has 174 valence electrons. The van der Waals surface area contributed by atoms with Gasteiger partial charge in [-0.05, 0) is 37.1 Å². The van der Waals surface area contributed by atoms with E-state index in [1.807, 2.05) is 19.9 Å². The van der Waals surface area contributed by atoms with Crippen LogP contribution in [0.5, 0.6) is 0 Å². The van der Waals surface area contributed by atoms with E-state index in [0.29, 0.717) is 5.69 Å². The summed E-state index contributed by atoms with van der Waals surface area (Å²) in [5, 5.41) is 1.99. The molecular formula is C21H15BrCl4N2O5. The number of carbonyl (C=O) groups excluding carboxylic acids is 4. The van der Waals surface area contributed by atoms with Crippen molar-refractivity contribution >= 4 is 91.7 Å². The Hall–Kier alpha value is -1.84. The summed E-state index contributed by atoms with van der Waals surface area (Å²) in [6, 6.07) is 3.65. The van der Waals surface area contributed by atoms with Gasteiger partial charge in [0.15, 0.2) is 6.61 Å². The molecule has 7 nitrogen and oxygen atoms in total. The minimum Gasteiger partial charge on any atom is -0.456 e. The fourth-order valence-electron chi connectivity index (χ4n) is 3.12. The van der Waals surface area contributed by atoms with E-state index in [4.69, 9.17) is 51.1 Å². The lowest BCUT2D eigenvalue weighted by molar-refractivity contribution is -0.147. The largest absolute Gasteiger partial charge is 0.456 e. The number of hydrogen-bond donors (Lipinski definition) is 1. The molecule has 0 radical (unpaired) electrons. The minimum atomic E-state index is -0.779. The number of fused-ring (bicyclic) bond motifs is 1. The van der Waals surface area contributed by atoms with Gasteiger partial charge < -0.3 is 10.1 Å². The number of hydrogen-bond acceptors (Lipinski definition) is 5. The second kappa shape index (κ2) is 10.2. The first-order valence-electron chi connectivity index (χ1n) is 9.38. The number of aryl methyl sites for hydroxylation is 2. The van der Waals surface area contributed by atoms with Crippen molar-refractivity contribution in [2.75, 3.05) is 18.5 Å².